The van der Waals surface area contributed by atoms with Crippen molar-refractivity contribution in [1.29, 1.82) is 0 Å². The van der Waals surface area contributed by atoms with Crippen LogP contribution in [-0.2, 0) is 14.3 Å². The summed E-state index contributed by atoms with van der Waals surface area (Å²) < 4.78 is 15.1. The van der Waals surface area contributed by atoms with Crippen molar-refractivity contribution < 1.29 is 23.8 Å². The fourth-order valence-corrected chi connectivity index (χ4v) is 2.06. The summed E-state index contributed by atoms with van der Waals surface area (Å²) in [7, 11) is 1.51. The van der Waals surface area contributed by atoms with Gasteiger partial charge < -0.3 is 14.2 Å². The molecule has 0 fully saturated rings. The molecule has 6 heteroatoms. The molecule has 20 heavy (non-hydrogen) atoms. The topological polar surface area (TPSA) is 61.8 Å². The summed E-state index contributed by atoms with van der Waals surface area (Å²) >= 11 is 3.52. The van der Waals surface area contributed by atoms with Crippen molar-refractivity contribution in [2.45, 2.75) is 25.1 Å². The van der Waals surface area contributed by atoms with Gasteiger partial charge in [0, 0.05) is 18.7 Å². The van der Waals surface area contributed by atoms with Crippen LogP contribution in [-0.4, -0.2) is 25.7 Å². The summed E-state index contributed by atoms with van der Waals surface area (Å²) in [5.41, 5.74) is 0.949. The van der Waals surface area contributed by atoms with Crippen molar-refractivity contribution in [3.63, 3.8) is 0 Å². The van der Waals surface area contributed by atoms with Crippen LogP contribution >= 0.6 is 15.9 Å². The molecular formula is C14H17BrO5. The lowest BCUT2D eigenvalue weighted by Gasteiger charge is -2.13. The summed E-state index contributed by atoms with van der Waals surface area (Å²) in [6, 6.07) is 5.29. The van der Waals surface area contributed by atoms with Gasteiger partial charge in [-0.05, 0) is 24.1 Å². The van der Waals surface area contributed by atoms with Gasteiger partial charge in [-0.15, -0.1) is 0 Å². The molecule has 1 atom stereocenters. The second kappa shape index (κ2) is 7.89. The van der Waals surface area contributed by atoms with E-state index in [1.807, 2.05) is 6.07 Å². The van der Waals surface area contributed by atoms with Gasteiger partial charge in [0.05, 0.1) is 13.7 Å². The second-order valence-electron chi connectivity index (χ2n) is 4.10. The SMILES string of the molecule is COc1cc(C(Br)CCOC(C)=O)ccc1OC(C)=O. The number of hydrogen-bond acceptors (Lipinski definition) is 5. The summed E-state index contributed by atoms with van der Waals surface area (Å²) in [6.45, 7) is 3.04. The molecule has 1 rings (SSSR count). The van der Waals surface area contributed by atoms with E-state index in [0.717, 1.165) is 5.56 Å². The molecule has 0 aliphatic rings. The van der Waals surface area contributed by atoms with Crippen LogP contribution in [0.25, 0.3) is 0 Å². The van der Waals surface area contributed by atoms with E-state index in [1.165, 1.54) is 21.0 Å². The van der Waals surface area contributed by atoms with Gasteiger partial charge in [0.2, 0.25) is 0 Å². The molecule has 0 saturated heterocycles. The molecule has 0 spiro atoms. The maximum Gasteiger partial charge on any atom is 0.308 e. The van der Waals surface area contributed by atoms with Gasteiger partial charge in [0.25, 0.3) is 0 Å². The number of halogens is 1. The molecule has 5 nitrogen and oxygen atoms in total. The van der Waals surface area contributed by atoms with Crippen LogP contribution < -0.4 is 9.47 Å². The minimum Gasteiger partial charge on any atom is -0.493 e. The quantitative estimate of drug-likeness (QED) is 0.451. The van der Waals surface area contributed by atoms with E-state index in [-0.39, 0.29) is 10.8 Å². The fraction of sp³-hybridized carbons (Fsp3) is 0.429. The predicted octanol–water partition coefficient (Wildman–Crippen LogP) is 3.01. The minimum atomic E-state index is -0.402. The Morgan fingerprint density at radius 3 is 2.45 bits per heavy atom. The van der Waals surface area contributed by atoms with Crippen LogP contribution in [0.1, 0.15) is 30.7 Å². The number of carbonyl (C=O) groups is 2. The molecule has 0 bridgehead atoms. The fourth-order valence-electron chi connectivity index (χ4n) is 1.59. The molecule has 1 unspecified atom stereocenters. The van der Waals surface area contributed by atoms with Gasteiger partial charge in [0.15, 0.2) is 11.5 Å². The zero-order valence-corrected chi connectivity index (χ0v) is 13.2. The van der Waals surface area contributed by atoms with Crippen LogP contribution in [0.4, 0.5) is 0 Å². The minimum absolute atomic E-state index is 0.0159. The van der Waals surface area contributed by atoms with E-state index in [2.05, 4.69) is 15.9 Å². The number of benzene rings is 1. The highest BCUT2D eigenvalue weighted by atomic mass is 79.9. The maximum absolute atomic E-state index is 11.0. The molecule has 110 valence electrons. The molecule has 0 aliphatic heterocycles. The zero-order valence-electron chi connectivity index (χ0n) is 11.6. The van der Waals surface area contributed by atoms with E-state index in [0.29, 0.717) is 24.5 Å². The summed E-state index contributed by atoms with van der Waals surface area (Å²) in [5, 5.41) is 0. The first-order chi connectivity index (χ1) is 9.43. The average Bonchev–Trinajstić information content (AvgIpc) is 2.37. The predicted molar refractivity (Wildman–Crippen MR) is 77.2 cm³/mol. The monoisotopic (exact) mass is 344 g/mol. The highest BCUT2D eigenvalue weighted by molar-refractivity contribution is 9.09. The smallest absolute Gasteiger partial charge is 0.308 e. The standard InChI is InChI=1S/C14H17BrO5/c1-9(16)19-7-6-12(15)11-4-5-13(20-10(2)17)14(8-11)18-3/h4-5,8,12H,6-7H2,1-3H3. The third-order valence-electron chi connectivity index (χ3n) is 2.48. The Morgan fingerprint density at radius 1 is 1.20 bits per heavy atom. The number of alkyl halides is 1. The van der Waals surface area contributed by atoms with Gasteiger partial charge in [-0.1, -0.05) is 22.0 Å². The Labute approximate surface area is 126 Å². The molecule has 0 saturated carbocycles. The number of hydrogen-bond donors (Lipinski definition) is 0. The zero-order chi connectivity index (χ0) is 15.1. The number of ether oxygens (including phenoxy) is 3. The molecule has 0 N–H and O–H groups in total. The molecule has 1 aromatic rings. The number of carbonyl (C=O) groups excluding carboxylic acids is 2. The molecule has 1 aromatic carbocycles. The lowest BCUT2D eigenvalue weighted by atomic mass is 10.1. The van der Waals surface area contributed by atoms with E-state index >= 15 is 0 Å². The Balaban J connectivity index is 2.75. The highest BCUT2D eigenvalue weighted by Crippen LogP contribution is 2.34. The Bertz CT molecular complexity index is 486. The van der Waals surface area contributed by atoms with Gasteiger partial charge >= 0.3 is 11.9 Å². The van der Waals surface area contributed by atoms with Crippen molar-refractivity contribution in [3.05, 3.63) is 23.8 Å². The van der Waals surface area contributed by atoms with E-state index in [1.54, 1.807) is 12.1 Å². The Hall–Kier alpha value is -1.56. The highest BCUT2D eigenvalue weighted by Gasteiger charge is 2.13. The van der Waals surface area contributed by atoms with Crippen molar-refractivity contribution in [1.82, 2.24) is 0 Å². The first kappa shape index (κ1) is 16.5. The van der Waals surface area contributed by atoms with Crippen molar-refractivity contribution in [3.8, 4) is 11.5 Å². The van der Waals surface area contributed by atoms with Crippen LogP contribution in [0.3, 0.4) is 0 Å². The summed E-state index contributed by atoms with van der Waals surface area (Å²) in [4.78, 5) is 21.7. The first-order valence-corrected chi connectivity index (χ1v) is 6.99. The average molecular weight is 345 g/mol. The number of esters is 2. The van der Waals surface area contributed by atoms with Gasteiger partial charge in [-0.2, -0.15) is 0 Å². The van der Waals surface area contributed by atoms with Crippen LogP contribution in [0.2, 0.25) is 0 Å². The van der Waals surface area contributed by atoms with Gasteiger partial charge in [-0.3, -0.25) is 9.59 Å². The molecule has 0 amide bonds. The first-order valence-electron chi connectivity index (χ1n) is 6.07. The largest absolute Gasteiger partial charge is 0.493 e. The van der Waals surface area contributed by atoms with Crippen molar-refractivity contribution >= 4 is 27.9 Å². The molecule has 0 heterocycles. The van der Waals surface area contributed by atoms with E-state index < -0.39 is 5.97 Å². The number of rotatable bonds is 6. The van der Waals surface area contributed by atoms with Crippen LogP contribution in [0.5, 0.6) is 11.5 Å². The molecule has 0 aliphatic carbocycles. The Kier molecular flexibility index (Phi) is 6.51. The summed E-state index contributed by atoms with van der Waals surface area (Å²) in [5.74, 6) is 0.159. The third-order valence-corrected chi connectivity index (χ3v) is 3.47. The van der Waals surface area contributed by atoms with E-state index in [4.69, 9.17) is 14.2 Å². The summed E-state index contributed by atoms with van der Waals surface area (Å²) in [6.07, 6.45) is 0.635. The third kappa shape index (κ3) is 5.21. The van der Waals surface area contributed by atoms with Crippen LogP contribution in [0, 0.1) is 0 Å². The number of methoxy groups -OCH3 is 1. The van der Waals surface area contributed by atoms with Gasteiger partial charge in [0.1, 0.15) is 0 Å². The molecule has 0 radical (unpaired) electrons. The lowest BCUT2D eigenvalue weighted by molar-refractivity contribution is -0.141. The van der Waals surface area contributed by atoms with Crippen molar-refractivity contribution in [2.24, 2.45) is 0 Å². The normalized spacial score (nSPS) is 11.6. The van der Waals surface area contributed by atoms with Crippen LogP contribution in [0.15, 0.2) is 18.2 Å². The molecular weight excluding hydrogens is 328 g/mol. The van der Waals surface area contributed by atoms with Crippen molar-refractivity contribution in [2.75, 3.05) is 13.7 Å². The lowest BCUT2D eigenvalue weighted by Crippen LogP contribution is -2.05. The molecule has 0 aromatic heterocycles. The van der Waals surface area contributed by atoms with E-state index in [9.17, 15) is 9.59 Å². The second-order valence-corrected chi connectivity index (χ2v) is 5.21. The van der Waals surface area contributed by atoms with Gasteiger partial charge in [-0.25, -0.2) is 0 Å². The maximum atomic E-state index is 11.0. The Morgan fingerprint density at radius 2 is 1.90 bits per heavy atom.